The average Bonchev–Trinajstić information content (AvgIpc) is 3.41. The Morgan fingerprint density at radius 3 is 2.58 bits per heavy atom. The number of amides is 1. The van der Waals surface area contributed by atoms with Crippen LogP contribution < -0.4 is 14.9 Å². The molecule has 38 heavy (non-hydrogen) atoms. The third-order valence-corrected chi connectivity index (χ3v) is 10.0. The van der Waals surface area contributed by atoms with Crippen LogP contribution in [0.25, 0.3) is 0 Å². The van der Waals surface area contributed by atoms with Crippen molar-refractivity contribution in [1.29, 1.82) is 0 Å². The summed E-state index contributed by atoms with van der Waals surface area (Å²) >= 11 is 12.6. The molecule has 1 aliphatic rings. The van der Waals surface area contributed by atoms with E-state index in [4.69, 9.17) is 27.9 Å². The number of hydrogen-bond acceptors (Lipinski definition) is 6. The molecule has 1 aliphatic heterocycles. The molecular formula is C25H31Cl2N5O4SSi. The molecule has 2 N–H and O–H groups in total. The van der Waals surface area contributed by atoms with Gasteiger partial charge in [-0.1, -0.05) is 42.8 Å². The van der Waals surface area contributed by atoms with E-state index in [1.807, 2.05) is 6.20 Å². The number of hydrogen-bond donors (Lipinski definition) is 2. The zero-order valence-corrected chi connectivity index (χ0v) is 24.8. The van der Waals surface area contributed by atoms with Crippen LogP contribution in [0, 0.1) is 0 Å². The molecule has 0 unspecified atom stereocenters. The van der Waals surface area contributed by atoms with Crippen molar-refractivity contribution in [3.63, 3.8) is 0 Å². The van der Waals surface area contributed by atoms with Crippen molar-refractivity contribution in [3.8, 4) is 0 Å². The largest absolute Gasteiger partial charge is 0.360 e. The van der Waals surface area contributed by atoms with E-state index in [0.717, 1.165) is 11.7 Å². The van der Waals surface area contributed by atoms with Crippen LogP contribution in [0.1, 0.15) is 16.8 Å². The Balaban J connectivity index is 1.43. The summed E-state index contributed by atoms with van der Waals surface area (Å²) < 4.78 is 33.4. The third-order valence-electron chi connectivity index (χ3n) is 5.88. The minimum Gasteiger partial charge on any atom is -0.360 e. The van der Waals surface area contributed by atoms with Gasteiger partial charge in [-0.05, 0) is 48.9 Å². The summed E-state index contributed by atoms with van der Waals surface area (Å²) in [5, 5.41) is 11.0. The monoisotopic (exact) mass is 595 g/mol. The number of aromatic nitrogens is 2. The topological polar surface area (TPSA) is 106 Å². The van der Waals surface area contributed by atoms with Gasteiger partial charge in [0.05, 0.1) is 40.1 Å². The molecule has 0 saturated carbocycles. The smallest absolute Gasteiger partial charge is 0.257 e. The standard InChI is InChI=1S/C25H31Cl2N5O4SSi/c1-38(2,3)10-8-36-17-31-16-21(15-28-31)29-19-11-18(26)12-20(13-19)30-25(33)23-14-22(5-6-24(23)27)32-7-4-9-37(32,34)35/h5-6,11-16,29H,4,7-10,17H2,1-3H3,(H,30,33). The van der Waals surface area contributed by atoms with E-state index < -0.39 is 24.0 Å². The van der Waals surface area contributed by atoms with Crippen molar-refractivity contribution in [2.75, 3.05) is 33.8 Å². The fourth-order valence-electron chi connectivity index (χ4n) is 3.91. The molecule has 2 heterocycles. The molecule has 1 saturated heterocycles. The van der Waals surface area contributed by atoms with E-state index in [-0.39, 0.29) is 16.3 Å². The Bertz CT molecular complexity index is 1430. The minimum atomic E-state index is -3.39. The van der Waals surface area contributed by atoms with Crippen LogP contribution in [0.4, 0.5) is 22.7 Å². The van der Waals surface area contributed by atoms with E-state index in [1.165, 1.54) is 16.4 Å². The first-order chi connectivity index (χ1) is 17.9. The molecule has 1 fully saturated rings. The fraction of sp³-hybridized carbons (Fsp3) is 0.360. The van der Waals surface area contributed by atoms with Gasteiger partial charge < -0.3 is 15.4 Å². The van der Waals surface area contributed by atoms with E-state index in [2.05, 4.69) is 35.4 Å². The summed E-state index contributed by atoms with van der Waals surface area (Å²) in [6.07, 6.45) is 4.04. The Labute approximate surface area is 234 Å². The molecule has 2 aromatic carbocycles. The molecule has 0 atom stereocenters. The van der Waals surface area contributed by atoms with Gasteiger partial charge in [0, 0.05) is 37.6 Å². The predicted molar refractivity (Wildman–Crippen MR) is 156 cm³/mol. The lowest BCUT2D eigenvalue weighted by atomic mass is 10.1. The Morgan fingerprint density at radius 1 is 1.11 bits per heavy atom. The van der Waals surface area contributed by atoms with E-state index in [1.54, 1.807) is 35.1 Å². The van der Waals surface area contributed by atoms with Crippen LogP contribution in [-0.4, -0.2) is 51.1 Å². The Morgan fingerprint density at radius 2 is 1.87 bits per heavy atom. The van der Waals surface area contributed by atoms with Crippen LogP contribution >= 0.6 is 23.2 Å². The van der Waals surface area contributed by atoms with Crippen molar-refractivity contribution in [2.45, 2.75) is 38.8 Å². The predicted octanol–water partition coefficient (Wildman–Crippen LogP) is 6.04. The number of benzene rings is 2. The van der Waals surface area contributed by atoms with Crippen LogP contribution in [-0.2, 0) is 21.5 Å². The quantitative estimate of drug-likeness (QED) is 0.219. The van der Waals surface area contributed by atoms with Gasteiger partial charge in [-0.25, -0.2) is 13.1 Å². The van der Waals surface area contributed by atoms with Gasteiger partial charge in [-0.15, -0.1) is 0 Å². The van der Waals surface area contributed by atoms with Crippen LogP contribution in [0.15, 0.2) is 48.8 Å². The van der Waals surface area contributed by atoms with Gasteiger partial charge in [0.15, 0.2) is 0 Å². The number of carbonyl (C=O) groups is 1. The molecular weight excluding hydrogens is 565 g/mol. The lowest BCUT2D eigenvalue weighted by Gasteiger charge is -2.18. The lowest BCUT2D eigenvalue weighted by molar-refractivity contribution is 0.0786. The SMILES string of the molecule is C[Si](C)(C)CCOCn1cc(Nc2cc(Cl)cc(NC(=O)c3cc(N4CCCS4(=O)=O)ccc3Cl)c2)cn1. The Kier molecular flexibility index (Phi) is 8.73. The zero-order valence-electron chi connectivity index (χ0n) is 21.5. The second kappa shape index (κ2) is 11.7. The number of carbonyl (C=O) groups excluding carboxylic acids is 1. The van der Waals surface area contributed by atoms with Gasteiger partial charge in [0.2, 0.25) is 10.0 Å². The molecule has 1 aromatic heterocycles. The van der Waals surface area contributed by atoms with Crippen LogP contribution in [0.5, 0.6) is 0 Å². The second-order valence-electron chi connectivity index (χ2n) is 10.3. The maximum absolute atomic E-state index is 13.1. The third kappa shape index (κ3) is 7.51. The van der Waals surface area contributed by atoms with Crippen molar-refractivity contribution in [2.24, 2.45) is 0 Å². The highest BCUT2D eigenvalue weighted by molar-refractivity contribution is 7.93. The van der Waals surface area contributed by atoms with Gasteiger partial charge in [-0.2, -0.15) is 5.10 Å². The lowest BCUT2D eigenvalue weighted by Crippen LogP contribution is -2.25. The highest BCUT2D eigenvalue weighted by atomic mass is 35.5. The first-order valence-electron chi connectivity index (χ1n) is 12.2. The first-order valence-corrected chi connectivity index (χ1v) is 18.3. The number of ether oxygens (including phenoxy) is 1. The first kappa shape index (κ1) is 28.4. The summed E-state index contributed by atoms with van der Waals surface area (Å²) in [5.41, 5.74) is 2.40. The van der Waals surface area contributed by atoms with Crippen LogP contribution in [0.3, 0.4) is 0 Å². The molecule has 1 amide bonds. The number of sulfonamides is 1. The number of nitrogens with zero attached hydrogens (tertiary/aromatic N) is 3. The molecule has 13 heteroatoms. The summed E-state index contributed by atoms with van der Waals surface area (Å²) in [5.74, 6) is -0.398. The van der Waals surface area contributed by atoms with Gasteiger partial charge in [0.1, 0.15) is 6.73 Å². The second-order valence-corrected chi connectivity index (χ2v) is 18.8. The van der Waals surface area contributed by atoms with Gasteiger partial charge >= 0.3 is 0 Å². The van der Waals surface area contributed by atoms with Gasteiger partial charge in [0.25, 0.3) is 5.91 Å². The van der Waals surface area contributed by atoms with Crippen molar-refractivity contribution >= 4 is 70.0 Å². The fourth-order valence-corrected chi connectivity index (χ4v) is 6.66. The summed E-state index contributed by atoms with van der Waals surface area (Å²) in [4.78, 5) is 13.1. The van der Waals surface area contributed by atoms with Gasteiger partial charge in [-0.3, -0.25) is 9.10 Å². The highest BCUT2D eigenvalue weighted by Gasteiger charge is 2.29. The maximum atomic E-state index is 13.1. The summed E-state index contributed by atoms with van der Waals surface area (Å²) in [6.45, 7) is 8.36. The van der Waals surface area contributed by atoms with Crippen LogP contribution in [0.2, 0.25) is 35.7 Å². The summed E-state index contributed by atoms with van der Waals surface area (Å²) in [6, 6.07) is 10.8. The summed E-state index contributed by atoms with van der Waals surface area (Å²) in [7, 11) is -4.53. The normalized spacial score (nSPS) is 15.0. The molecule has 0 spiro atoms. The molecule has 0 bridgehead atoms. The molecule has 9 nitrogen and oxygen atoms in total. The maximum Gasteiger partial charge on any atom is 0.257 e. The number of halogens is 2. The van der Waals surface area contributed by atoms with Crippen molar-refractivity contribution < 1.29 is 17.9 Å². The molecule has 204 valence electrons. The van der Waals surface area contributed by atoms with Crippen molar-refractivity contribution in [1.82, 2.24) is 9.78 Å². The van der Waals surface area contributed by atoms with Crippen molar-refractivity contribution in [3.05, 3.63) is 64.4 Å². The number of anilines is 4. The molecule has 3 aromatic rings. The molecule has 0 aliphatic carbocycles. The van der Waals surface area contributed by atoms with E-state index >= 15 is 0 Å². The van der Waals surface area contributed by atoms with E-state index in [9.17, 15) is 13.2 Å². The molecule has 4 rings (SSSR count). The highest BCUT2D eigenvalue weighted by Crippen LogP contribution is 2.30. The average molecular weight is 597 g/mol. The Hall–Kier alpha value is -2.57. The molecule has 0 radical (unpaired) electrons. The van der Waals surface area contributed by atoms with E-state index in [0.29, 0.717) is 48.4 Å². The minimum absolute atomic E-state index is 0.0833. The number of rotatable bonds is 10. The zero-order chi connectivity index (χ0) is 27.5. The number of nitrogens with one attached hydrogen (secondary N) is 2.